The van der Waals surface area contributed by atoms with E-state index in [0.717, 1.165) is 25.7 Å². The van der Waals surface area contributed by atoms with E-state index in [-0.39, 0.29) is 0 Å². The third-order valence-electron chi connectivity index (χ3n) is 3.04. The molecular formula is C14H19NO. The highest BCUT2D eigenvalue weighted by atomic mass is 16.2. The normalized spacial score (nSPS) is 11.1. The van der Waals surface area contributed by atoms with Gasteiger partial charge >= 0.3 is 0 Å². The van der Waals surface area contributed by atoms with Crippen molar-refractivity contribution in [3.05, 3.63) is 35.5 Å². The highest BCUT2D eigenvalue weighted by Crippen LogP contribution is 2.20. The maximum atomic E-state index is 8.71. The molecule has 0 fully saturated rings. The van der Waals surface area contributed by atoms with Crippen molar-refractivity contribution in [1.82, 2.24) is 4.98 Å². The predicted molar refractivity (Wildman–Crippen MR) is 67.7 cm³/mol. The van der Waals surface area contributed by atoms with Crippen LogP contribution >= 0.6 is 0 Å². The van der Waals surface area contributed by atoms with Gasteiger partial charge in [0.25, 0.3) is 0 Å². The number of aliphatic hydroxyl groups excluding tert-OH is 1. The molecule has 1 aromatic carbocycles. The van der Waals surface area contributed by atoms with Crippen LogP contribution in [0.5, 0.6) is 0 Å². The van der Waals surface area contributed by atoms with Crippen LogP contribution in [-0.2, 0) is 6.42 Å². The fourth-order valence-electron chi connectivity index (χ4n) is 2.10. The Morgan fingerprint density at radius 2 is 2.06 bits per heavy atom. The SMILES string of the molecule is Cc1cccc2[nH]c(CCCCCO)cc12. The van der Waals surface area contributed by atoms with Crippen molar-refractivity contribution in [2.45, 2.75) is 32.6 Å². The number of H-pyrrole nitrogens is 1. The van der Waals surface area contributed by atoms with E-state index in [2.05, 4.69) is 36.2 Å². The molecule has 2 N–H and O–H groups in total. The van der Waals surface area contributed by atoms with Crippen molar-refractivity contribution in [2.24, 2.45) is 0 Å². The van der Waals surface area contributed by atoms with Gasteiger partial charge in [0.15, 0.2) is 0 Å². The van der Waals surface area contributed by atoms with Gasteiger partial charge in [-0.1, -0.05) is 18.6 Å². The van der Waals surface area contributed by atoms with Crippen molar-refractivity contribution < 1.29 is 5.11 Å². The average Bonchev–Trinajstić information content (AvgIpc) is 2.69. The summed E-state index contributed by atoms with van der Waals surface area (Å²) in [6.45, 7) is 2.46. The Morgan fingerprint density at radius 1 is 1.19 bits per heavy atom. The predicted octanol–water partition coefficient (Wildman–Crippen LogP) is 3.18. The van der Waals surface area contributed by atoms with E-state index in [1.54, 1.807) is 0 Å². The molecule has 2 nitrogen and oxygen atoms in total. The number of fused-ring (bicyclic) bond motifs is 1. The lowest BCUT2D eigenvalue weighted by molar-refractivity contribution is 0.283. The van der Waals surface area contributed by atoms with Crippen molar-refractivity contribution in [3.63, 3.8) is 0 Å². The number of nitrogens with one attached hydrogen (secondary N) is 1. The Balaban J connectivity index is 2.05. The van der Waals surface area contributed by atoms with Crippen LogP contribution in [0.3, 0.4) is 0 Å². The fraction of sp³-hybridized carbons (Fsp3) is 0.429. The first kappa shape index (κ1) is 11.2. The molecule has 0 amide bonds. The van der Waals surface area contributed by atoms with Gasteiger partial charge in [0, 0.05) is 23.2 Å². The number of aryl methyl sites for hydroxylation is 2. The summed E-state index contributed by atoms with van der Waals surface area (Å²) in [6, 6.07) is 8.61. The van der Waals surface area contributed by atoms with E-state index in [9.17, 15) is 0 Å². The fourth-order valence-corrected chi connectivity index (χ4v) is 2.10. The molecule has 0 radical (unpaired) electrons. The Kier molecular flexibility index (Phi) is 3.62. The zero-order valence-electron chi connectivity index (χ0n) is 9.79. The van der Waals surface area contributed by atoms with Crippen molar-refractivity contribution in [3.8, 4) is 0 Å². The molecule has 0 unspecified atom stereocenters. The van der Waals surface area contributed by atoms with Crippen LogP contribution in [0.25, 0.3) is 10.9 Å². The molecular weight excluding hydrogens is 198 g/mol. The van der Waals surface area contributed by atoms with Crippen molar-refractivity contribution in [2.75, 3.05) is 6.61 Å². The van der Waals surface area contributed by atoms with E-state index in [1.165, 1.54) is 22.2 Å². The second kappa shape index (κ2) is 5.17. The minimum atomic E-state index is 0.311. The van der Waals surface area contributed by atoms with Crippen molar-refractivity contribution in [1.29, 1.82) is 0 Å². The molecule has 0 saturated heterocycles. The number of benzene rings is 1. The van der Waals surface area contributed by atoms with E-state index in [4.69, 9.17) is 5.11 Å². The van der Waals surface area contributed by atoms with Crippen LogP contribution in [0.1, 0.15) is 30.5 Å². The van der Waals surface area contributed by atoms with Gasteiger partial charge in [-0.2, -0.15) is 0 Å². The number of hydrogen-bond acceptors (Lipinski definition) is 1. The second-order valence-electron chi connectivity index (χ2n) is 4.36. The summed E-state index contributed by atoms with van der Waals surface area (Å²) in [7, 11) is 0. The first-order chi connectivity index (χ1) is 7.81. The Morgan fingerprint density at radius 3 is 2.81 bits per heavy atom. The van der Waals surface area contributed by atoms with Crippen LogP contribution in [0, 0.1) is 6.92 Å². The summed E-state index contributed by atoms with van der Waals surface area (Å²) >= 11 is 0. The molecule has 86 valence electrons. The van der Waals surface area contributed by atoms with Gasteiger partial charge in [0.2, 0.25) is 0 Å². The molecule has 0 bridgehead atoms. The number of unbranched alkanes of at least 4 members (excludes halogenated alkanes) is 2. The van der Waals surface area contributed by atoms with Crippen LogP contribution in [-0.4, -0.2) is 16.7 Å². The highest BCUT2D eigenvalue weighted by molar-refractivity contribution is 5.83. The summed E-state index contributed by atoms with van der Waals surface area (Å²) in [5.74, 6) is 0. The molecule has 0 spiro atoms. The summed E-state index contributed by atoms with van der Waals surface area (Å²) in [6.07, 6.45) is 4.24. The largest absolute Gasteiger partial charge is 0.396 e. The molecule has 16 heavy (non-hydrogen) atoms. The summed E-state index contributed by atoms with van der Waals surface area (Å²) in [4.78, 5) is 3.45. The van der Waals surface area contributed by atoms with Gasteiger partial charge in [-0.05, 0) is 43.9 Å². The lowest BCUT2D eigenvalue weighted by Gasteiger charge is -1.96. The van der Waals surface area contributed by atoms with Crippen LogP contribution in [0.2, 0.25) is 0 Å². The van der Waals surface area contributed by atoms with Crippen LogP contribution < -0.4 is 0 Å². The zero-order chi connectivity index (χ0) is 11.4. The monoisotopic (exact) mass is 217 g/mol. The van der Waals surface area contributed by atoms with Gasteiger partial charge < -0.3 is 10.1 Å². The number of aromatic amines is 1. The third kappa shape index (κ3) is 2.45. The molecule has 0 aliphatic carbocycles. The number of aliphatic hydroxyl groups is 1. The van der Waals surface area contributed by atoms with Gasteiger partial charge in [-0.25, -0.2) is 0 Å². The molecule has 0 saturated carbocycles. The number of hydrogen-bond donors (Lipinski definition) is 2. The minimum absolute atomic E-state index is 0.311. The van der Waals surface area contributed by atoms with Gasteiger partial charge in [0.05, 0.1) is 0 Å². The molecule has 1 aromatic heterocycles. The van der Waals surface area contributed by atoms with Crippen LogP contribution in [0.4, 0.5) is 0 Å². The average molecular weight is 217 g/mol. The van der Waals surface area contributed by atoms with Crippen LogP contribution in [0.15, 0.2) is 24.3 Å². The van der Waals surface area contributed by atoms with E-state index in [1.807, 2.05) is 0 Å². The maximum absolute atomic E-state index is 8.71. The number of aromatic nitrogens is 1. The number of rotatable bonds is 5. The first-order valence-electron chi connectivity index (χ1n) is 5.99. The highest BCUT2D eigenvalue weighted by Gasteiger charge is 2.02. The second-order valence-corrected chi connectivity index (χ2v) is 4.36. The van der Waals surface area contributed by atoms with E-state index >= 15 is 0 Å². The van der Waals surface area contributed by atoms with Crippen molar-refractivity contribution >= 4 is 10.9 Å². The smallest absolute Gasteiger partial charge is 0.0458 e. The van der Waals surface area contributed by atoms with Gasteiger partial charge in [0.1, 0.15) is 0 Å². The minimum Gasteiger partial charge on any atom is -0.396 e. The van der Waals surface area contributed by atoms with E-state index in [0.29, 0.717) is 6.61 Å². The molecule has 2 aromatic rings. The standard InChI is InChI=1S/C14H19NO/c1-11-6-5-8-14-13(11)10-12(15-14)7-3-2-4-9-16/h5-6,8,10,15-16H,2-4,7,9H2,1H3. The summed E-state index contributed by atoms with van der Waals surface area (Å²) < 4.78 is 0. The summed E-state index contributed by atoms with van der Waals surface area (Å²) in [5.41, 5.74) is 3.87. The quantitative estimate of drug-likeness (QED) is 0.741. The van der Waals surface area contributed by atoms with Gasteiger partial charge in [-0.3, -0.25) is 0 Å². The Labute approximate surface area is 96.3 Å². The molecule has 0 aliphatic rings. The Bertz CT molecular complexity index is 459. The third-order valence-corrected chi connectivity index (χ3v) is 3.04. The topological polar surface area (TPSA) is 36.0 Å². The molecule has 2 rings (SSSR count). The van der Waals surface area contributed by atoms with Gasteiger partial charge in [-0.15, -0.1) is 0 Å². The maximum Gasteiger partial charge on any atom is 0.0458 e. The molecule has 0 aliphatic heterocycles. The molecule has 0 atom stereocenters. The molecule has 2 heteroatoms. The van der Waals surface area contributed by atoms with E-state index < -0.39 is 0 Å². The molecule has 1 heterocycles. The zero-order valence-corrected chi connectivity index (χ0v) is 9.79. The lowest BCUT2D eigenvalue weighted by atomic mass is 10.1. The lowest BCUT2D eigenvalue weighted by Crippen LogP contribution is -1.87. The Hall–Kier alpha value is -1.28. The first-order valence-corrected chi connectivity index (χ1v) is 5.99. The summed E-state index contributed by atoms with van der Waals surface area (Å²) in [5, 5.41) is 10.0.